The van der Waals surface area contributed by atoms with Gasteiger partial charge in [0.1, 0.15) is 11.4 Å². The van der Waals surface area contributed by atoms with Crippen LogP contribution in [0.4, 0.5) is 0 Å². The molecule has 1 saturated heterocycles. The fourth-order valence-corrected chi connectivity index (χ4v) is 2.33. The van der Waals surface area contributed by atoms with Crippen LogP contribution in [0.2, 0.25) is 0 Å². The minimum atomic E-state index is -1.13. The smallest absolute Gasteiger partial charge is 0.334 e. The molecule has 2 N–H and O–H groups in total. The topological polar surface area (TPSA) is 113 Å². The number of aliphatic carboxylic acids is 1. The van der Waals surface area contributed by atoms with Crippen molar-refractivity contribution in [2.75, 3.05) is 19.7 Å². The summed E-state index contributed by atoms with van der Waals surface area (Å²) in [5.41, 5.74) is -0.573. The van der Waals surface area contributed by atoms with Crippen LogP contribution in [0.25, 0.3) is 0 Å². The summed E-state index contributed by atoms with van der Waals surface area (Å²) < 4.78 is 5.08. The Bertz CT molecular complexity index is 689. The van der Waals surface area contributed by atoms with Crippen LogP contribution in [0.3, 0.4) is 0 Å². The zero-order valence-electron chi connectivity index (χ0n) is 13.7. The highest BCUT2D eigenvalue weighted by Gasteiger charge is 2.32. The number of ether oxygens (including phenoxy) is 1. The van der Waals surface area contributed by atoms with Crippen molar-refractivity contribution in [1.29, 1.82) is 0 Å². The van der Waals surface area contributed by atoms with Gasteiger partial charge in [-0.1, -0.05) is 20.8 Å². The van der Waals surface area contributed by atoms with Crippen molar-refractivity contribution in [2.45, 2.75) is 39.2 Å². The van der Waals surface area contributed by atoms with Gasteiger partial charge in [-0.2, -0.15) is 0 Å². The maximum atomic E-state index is 12.6. The Morgan fingerprint density at radius 3 is 2.57 bits per heavy atom. The van der Waals surface area contributed by atoms with Crippen molar-refractivity contribution in [1.82, 2.24) is 14.9 Å². The number of rotatable bonds is 2. The second-order valence-electron chi connectivity index (χ2n) is 6.57. The van der Waals surface area contributed by atoms with Crippen LogP contribution in [0.15, 0.2) is 4.79 Å². The number of aromatic amines is 1. The molecular weight excluding hydrogens is 302 g/mol. The van der Waals surface area contributed by atoms with Crippen molar-refractivity contribution in [3.05, 3.63) is 27.4 Å². The predicted octanol–water partition coefficient (Wildman–Crippen LogP) is 0.301. The molecule has 1 fully saturated rings. The number of nitrogens with one attached hydrogen (secondary N) is 1. The summed E-state index contributed by atoms with van der Waals surface area (Å²) in [5, 5.41) is 9.00. The molecule has 8 heteroatoms. The van der Waals surface area contributed by atoms with Gasteiger partial charge in [-0.05, 0) is 6.92 Å². The van der Waals surface area contributed by atoms with E-state index in [1.807, 2.05) is 20.8 Å². The van der Waals surface area contributed by atoms with E-state index in [4.69, 9.17) is 9.84 Å². The van der Waals surface area contributed by atoms with Crippen LogP contribution in [0.5, 0.6) is 0 Å². The molecule has 0 unspecified atom stereocenters. The van der Waals surface area contributed by atoms with Gasteiger partial charge in [-0.25, -0.2) is 9.78 Å². The Morgan fingerprint density at radius 1 is 1.39 bits per heavy atom. The normalized spacial score (nSPS) is 18.8. The number of amides is 1. The van der Waals surface area contributed by atoms with Crippen molar-refractivity contribution >= 4 is 11.9 Å². The number of hydrogen-bond donors (Lipinski definition) is 2. The molecule has 1 aromatic rings. The molecule has 8 nitrogen and oxygen atoms in total. The van der Waals surface area contributed by atoms with Gasteiger partial charge in [0.05, 0.1) is 18.8 Å². The Morgan fingerprint density at radius 2 is 2.04 bits per heavy atom. The van der Waals surface area contributed by atoms with Crippen LogP contribution in [-0.4, -0.2) is 57.7 Å². The molecule has 126 valence electrons. The average molecular weight is 323 g/mol. The molecule has 0 bridgehead atoms. The van der Waals surface area contributed by atoms with Crippen molar-refractivity contribution in [2.24, 2.45) is 0 Å². The lowest BCUT2D eigenvalue weighted by molar-refractivity contribution is -0.154. The summed E-state index contributed by atoms with van der Waals surface area (Å²) in [6.45, 7) is 7.60. The molecule has 0 saturated carbocycles. The molecule has 1 atom stereocenters. The lowest BCUT2D eigenvalue weighted by Gasteiger charge is -2.31. The molecule has 1 amide bonds. The van der Waals surface area contributed by atoms with Gasteiger partial charge >= 0.3 is 5.97 Å². The SMILES string of the molecule is Cc1nc(C(C)(C)C)[nH]c(=O)c1C(=O)N1CCO[C@H](C(=O)O)C1. The van der Waals surface area contributed by atoms with E-state index in [2.05, 4.69) is 9.97 Å². The first kappa shape index (κ1) is 17.1. The highest BCUT2D eigenvalue weighted by atomic mass is 16.5. The molecule has 23 heavy (non-hydrogen) atoms. The number of carbonyl (C=O) groups excluding carboxylic acids is 1. The Labute approximate surface area is 133 Å². The number of morpholine rings is 1. The number of carbonyl (C=O) groups is 2. The van der Waals surface area contributed by atoms with E-state index in [9.17, 15) is 14.4 Å². The van der Waals surface area contributed by atoms with Gasteiger partial charge in [0.25, 0.3) is 11.5 Å². The predicted molar refractivity (Wildman–Crippen MR) is 81.6 cm³/mol. The molecule has 0 spiro atoms. The monoisotopic (exact) mass is 323 g/mol. The summed E-state index contributed by atoms with van der Waals surface area (Å²) in [5.74, 6) is -1.15. The standard InChI is InChI=1S/C15H21N3O5/c1-8-10(11(19)17-14(16-8)15(2,3)4)12(20)18-5-6-23-9(7-18)13(21)22/h9H,5-7H2,1-4H3,(H,21,22)(H,16,17,19)/t9-/m0/s1. The van der Waals surface area contributed by atoms with Crippen LogP contribution < -0.4 is 5.56 Å². The number of carboxylic acid groups (broad SMARTS) is 1. The lowest BCUT2D eigenvalue weighted by Crippen LogP contribution is -2.49. The van der Waals surface area contributed by atoms with Crippen LogP contribution in [0, 0.1) is 6.92 Å². The van der Waals surface area contributed by atoms with E-state index in [1.165, 1.54) is 4.90 Å². The number of aryl methyl sites for hydroxylation is 1. The van der Waals surface area contributed by atoms with Crippen LogP contribution in [-0.2, 0) is 14.9 Å². The molecule has 1 aliphatic rings. The molecular formula is C15H21N3O5. The Hall–Kier alpha value is -2.22. The maximum absolute atomic E-state index is 12.6. The van der Waals surface area contributed by atoms with Gasteiger partial charge in [-0.15, -0.1) is 0 Å². The fraction of sp³-hybridized carbons (Fsp3) is 0.600. The van der Waals surface area contributed by atoms with E-state index in [1.54, 1.807) is 6.92 Å². The summed E-state index contributed by atoms with van der Waals surface area (Å²) in [6, 6.07) is 0. The van der Waals surface area contributed by atoms with Gasteiger partial charge in [0.15, 0.2) is 6.10 Å². The highest BCUT2D eigenvalue weighted by Crippen LogP contribution is 2.18. The minimum Gasteiger partial charge on any atom is -0.479 e. The zero-order valence-corrected chi connectivity index (χ0v) is 13.7. The second kappa shape index (κ2) is 6.11. The first-order valence-electron chi connectivity index (χ1n) is 7.36. The fourth-order valence-electron chi connectivity index (χ4n) is 2.33. The second-order valence-corrected chi connectivity index (χ2v) is 6.57. The number of carboxylic acids is 1. The Kier molecular flexibility index (Phi) is 4.56. The minimum absolute atomic E-state index is 0.0518. The van der Waals surface area contributed by atoms with Crippen molar-refractivity contribution in [3.8, 4) is 0 Å². The first-order valence-corrected chi connectivity index (χ1v) is 7.36. The van der Waals surface area contributed by atoms with Gasteiger partial charge < -0.3 is 19.7 Å². The largest absolute Gasteiger partial charge is 0.479 e. The third kappa shape index (κ3) is 3.58. The van der Waals surface area contributed by atoms with E-state index >= 15 is 0 Å². The highest BCUT2D eigenvalue weighted by molar-refractivity contribution is 5.95. The third-order valence-electron chi connectivity index (χ3n) is 3.65. The average Bonchev–Trinajstić information content (AvgIpc) is 2.45. The van der Waals surface area contributed by atoms with Gasteiger partial charge in [0, 0.05) is 12.0 Å². The van der Waals surface area contributed by atoms with E-state index in [0.29, 0.717) is 11.5 Å². The summed E-state index contributed by atoms with van der Waals surface area (Å²) in [4.78, 5) is 44.2. The third-order valence-corrected chi connectivity index (χ3v) is 3.65. The molecule has 0 radical (unpaired) electrons. The first-order chi connectivity index (χ1) is 10.6. The van der Waals surface area contributed by atoms with E-state index in [0.717, 1.165) is 0 Å². The summed E-state index contributed by atoms with van der Waals surface area (Å²) >= 11 is 0. The quantitative estimate of drug-likeness (QED) is 0.809. The lowest BCUT2D eigenvalue weighted by atomic mass is 9.95. The van der Waals surface area contributed by atoms with Gasteiger partial charge in [-0.3, -0.25) is 9.59 Å². The summed E-state index contributed by atoms with van der Waals surface area (Å²) in [7, 11) is 0. The molecule has 1 aliphatic heterocycles. The molecule has 2 heterocycles. The number of hydrogen-bond acceptors (Lipinski definition) is 5. The molecule has 2 rings (SSSR count). The van der Waals surface area contributed by atoms with Crippen LogP contribution in [0.1, 0.15) is 42.6 Å². The molecule has 0 aromatic carbocycles. The van der Waals surface area contributed by atoms with Gasteiger partial charge in [0.2, 0.25) is 0 Å². The number of aromatic nitrogens is 2. The Balaban J connectivity index is 2.33. The van der Waals surface area contributed by atoms with E-state index < -0.39 is 23.5 Å². The zero-order chi connectivity index (χ0) is 17.4. The van der Waals surface area contributed by atoms with Crippen molar-refractivity contribution in [3.63, 3.8) is 0 Å². The number of nitrogens with zero attached hydrogens (tertiary/aromatic N) is 2. The molecule has 0 aliphatic carbocycles. The summed E-state index contributed by atoms with van der Waals surface area (Å²) in [6.07, 6.45) is -1.08. The maximum Gasteiger partial charge on any atom is 0.334 e. The van der Waals surface area contributed by atoms with E-state index in [-0.39, 0.29) is 30.7 Å². The van der Waals surface area contributed by atoms with Crippen LogP contribution >= 0.6 is 0 Å². The van der Waals surface area contributed by atoms with Crippen molar-refractivity contribution < 1.29 is 19.4 Å². The number of H-pyrrole nitrogens is 1. The molecule has 1 aromatic heterocycles.